The van der Waals surface area contributed by atoms with E-state index >= 15 is 0 Å². The van der Waals surface area contributed by atoms with Crippen LogP contribution in [0.1, 0.15) is 0 Å². The summed E-state index contributed by atoms with van der Waals surface area (Å²) >= 11 is 1.63. The molecule has 82 valence electrons. The van der Waals surface area contributed by atoms with Crippen molar-refractivity contribution in [3.05, 3.63) is 34.6 Å². The van der Waals surface area contributed by atoms with E-state index in [0.717, 1.165) is 23.0 Å². The average Bonchev–Trinajstić information content (AvgIpc) is 2.29. The van der Waals surface area contributed by atoms with Crippen molar-refractivity contribution >= 4 is 22.7 Å². The van der Waals surface area contributed by atoms with Gasteiger partial charge in [-0.1, -0.05) is 23.9 Å². The van der Waals surface area contributed by atoms with Crippen LogP contribution < -0.4 is 10.6 Å². The van der Waals surface area contributed by atoms with Crippen molar-refractivity contribution in [2.24, 2.45) is 0 Å². The topological polar surface area (TPSA) is 38.1 Å². The van der Waals surface area contributed by atoms with Gasteiger partial charge in [0.25, 0.3) is 5.56 Å². The van der Waals surface area contributed by atoms with Gasteiger partial charge in [-0.15, -0.1) is 0 Å². The summed E-state index contributed by atoms with van der Waals surface area (Å²) in [5, 5.41) is 3.39. The van der Waals surface area contributed by atoms with Crippen LogP contribution in [0.5, 0.6) is 0 Å². The van der Waals surface area contributed by atoms with Gasteiger partial charge in [0.15, 0.2) is 5.16 Å². The number of aromatic nitrogens is 2. The second-order valence-electron chi connectivity index (χ2n) is 3.76. The third kappa shape index (κ3) is 1.31. The summed E-state index contributed by atoms with van der Waals surface area (Å²) in [6, 6.07) is 7.48. The average molecular weight is 233 g/mol. The summed E-state index contributed by atoms with van der Waals surface area (Å²) in [5.41, 5.74) is 0.803. The van der Waals surface area contributed by atoms with Crippen LogP contribution in [-0.4, -0.2) is 29.0 Å². The third-order valence-corrected chi connectivity index (χ3v) is 3.62. The molecule has 0 bridgehead atoms. The van der Waals surface area contributed by atoms with Gasteiger partial charge in [0.2, 0.25) is 0 Å². The van der Waals surface area contributed by atoms with Gasteiger partial charge in [0.1, 0.15) is 0 Å². The quantitative estimate of drug-likeness (QED) is 0.638. The molecule has 3 rings (SSSR count). The lowest BCUT2D eigenvalue weighted by atomic mass is 10.2. The SMILES string of the molecule is CN1CCSc2nc3ccccc3c(=O)n21. The molecule has 0 atom stereocenters. The van der Waals surface area contributed by atoms with E-state index in [4.69, 9.17) is 0 Å². The molecule has 1 aromatic carbocycles. The van der Waals surface area contributed by atoms with Gasteiger partial charge in [0, 0.05) is 19.3 Å². The molecule has 0 unspecified atom stereocenters. The second-order valence-corrected chi connectivity index (χ2v) is 4.82. The fourth-order valence-electron chi connectivity index (χ4n) is 1.87. The normalized spacial score (nSPS) is 15.2. The molecule has 0 spiro atoms. The van der Waals surface area contributed by atoms with Gasteiger partial charge in [0.05, 0.1) is 10.9 Å². The lowest BCUT2D eigenvalue weighted by molar-refractivity contribution is 0.568. The molecule has 0 saturated carbocycles. The highest BCUT2D eigenvalue weighted by Crippen LogP contribution is 2.20. The highest BCUT2D eigenvalue weighted by molar-refractivity contribution is 7.99. The van der Waals surface area contributed by atoms with Crippen molar-refractivity contribution in [2.45, 2.75) is 5.16 Å². The molecular weight excluding hydrogens is 222 g/mol. The molecule has 0 fully saturated rings. The summed E-state index contributed by atoms with van der Waals surface area (Å²) in [5.74, 6) is 0.973. The van der Waals surface area contributed by atoms with Crippen LogP contribution in [0.15, 0.2) is 34.2 Å². The standard InChI is InChI=1S/C11H11N3OS/c1-13-6-7-16-11-12-9-5-3-2-4-8(9)10(15)14(11)13/h2-5H,6-7H2,1H3. The van der Waals surface area contributed by atoms with Crippen LogP contribution >= 0.6 is 11.8 Å². The maximum Gasteiger partial charge on any atom is 0.280 e. The zero-order valence-corrected chi connectivity index (χ0v) is 9.70. The Morgan fingerprint density at radius 1 is 1.38 bits per heavy atom. The van der Waals surface area contributed by atoms with Crippen molar-refractivity contribution in [2.75, 3.05) is 24.4 Å². The molecule has 0 radical (unpaired) electrons. The Kier molecular flexibility index (Phi) is 2.14. The zero-order chi connectivity index (χ0) is 11.1. The first kappa shape index (κ1) is 9.72. The molecule has 4 nitrogen and oxygen atoms in total. The van der Waals surface area contributed by atoms with Gasteiger partial charge >= 0.3 is 0 Å². The smallest absolute Gasteiger partial charge is 0.280 e. The maximum atomic E-state index is 12.3. The second kappa shape index (κ2) is 3.52. The monoisotopic (exact) mass is 233 g/mol. The Morgan fingerprint density at radius 2 is 2.19 bits per heavy atom. The number of hydrogen-bond acceptors (Lipinski definition) is 4. The highest BCUT2D eigenvalue weighted by atomic mass is 32.2. The number of para-hydroxylation sites is 1. The van der Waals surface area contributed by atoms with Crippen molar-refractivity contribution in [1.29, 1.82) is 0 Å². The van der Waals surface area contributed by atoms with Crippen molar-refractivity contribution in [1.82, 2.24) is 9.66 Å². The minimum atomic E-state index is 0.0234. The van der Waals surface area contributed by atoms with E-state index in [1.165, 1.54) is 0 Å². The van der Waals surface area contributed by atoms with Crippen LogP contribution in [0.3, 0.4) is 0 Å². The molecule has 1 aliphatic heterocycles. The number of fused-ring (bicyclic) bond motifs is 2. The van der Waals surface area contributed by atoms with E-state index in [0.29, 0.717) is 5.39 Å². The van der Waals surface area contributed by atoms with Crippen molar-refractivity contribution in [3.63, 3.8) is 0 Å². The van der Waals surface area contributed by atoms with Crippen LogP contribution in [0.4, 0.5) is 0 Å². The molecular formula is C11H11N3OS. The van der Waals surface area contributed by atoms with E-state index in [-0.39, 0.29) is 5.56 Å². The fourth-order valence-corrected chi connectivity index (χ4v) is 2.91. The van der Waals surface area contributed by atoms with E-state index in [1.54, 1.807) is 16.4 Å². The van der Waals surface area contributed by atoms with Crippen LogP contribution in [0, 0.1) is 0 Å². The van der Waals surface area contributed by atoms with Crippen LogP contribution in [0.2, 0.25) is 0 Å². The maximum absolute atomic E-state index is 12.3. The Morgan fingerprint density at radius 3 is 3.06 bits per heavy atom. The van der Waals surface area contributed by atoms with Gasteiger partial charge in [-0.25, -0.2) is 4.98 Å². The number of nitrogens with zero attached hydrogens (tertiary/aromatic N) is 3. The molecule has 0 aliphatic carbocycles. The van der Waals surface area contributed by atoms with Gasteiger partial charge in [-0.05, 0) is 12.1 Å². The van der Waals surface area contributed by atoms with Gasteiger partial charge in [-0.2, -0.15) is 4.68 Å². The van der Waals surface area contributed by atoms with E-state index < -0.39 is 0 Å². The molecule has 0 amide bonds. The molecule has 2 aromatic rings. The summed E-state index contributed by atoms with van der Waals surface area (Å²) in [6.07, 6.45) is 0. The minimum Gasteiger partial charge on any atom is -0.310 e. The Labute approximate surface area is 96.9 Å². The molecule has 1 aliphatic rings. The van der Waals surface area contributed by atoms with Crippen molar-refractivity contribution in [3.8, 4) is 0 Å². The molecule has 16 heavy (non-hydrogen) atoms. The first-order chi connectivity index (χ1) is 7.77. The molecule has 5 heteroatoms. The molecule has 2 heterocycles. The van der Waals surface area contributed by atoms with E-state index in [1.807, 2.05) is 36.3 Å². The van der Waals surface area contributed by atoms with E-state index in [9.17, 15) is 4.79 Å². The highest BCUT2D eigenvalue weighted by Gasteiger charge is 2.18. The predicted molar refractivity (Wildman–Crippen MR) is 65.7 cm³/mol. The van der Waals surface area contributed by atoms with E-state index in [2.05, 4.69) is 4.98 Å². The van der Waals surface area contributed by atoms with Crippen LogP contribution in [-0.2, 0) is 0 Å². The molecule has 1 aromatic heterocycles. The minimum absolute atomic E-state index is 0.0234. The van der Waals surface area contributed by atoms with Crippen LogP contribution in [0.25, 0.3) is 10.9 Å². The summed E-state index contributed by atoms with van der Waals surface area (Å²) in [4.78, 5) is 16.8. The zero-order valence-electron chi connectivity index (χ0n) is 8.88. The lowest BCUT2D eigenvalue weighted by Crippen LogP contribution is -2.44. The van der Waals surface area contributed by atoms with Crippen molar-refractivity contribution < 1.29 is 0 Å². The summed E-state index contributed by atoms with van der Waals surface area (Å²) in [6.45, 7) is 0.873. The Bertz CT molecular complexity index is 608. The first-order valence-electron chi connectivity index (χ1n) is 5.13. The third-order valence-electron chi connectivity index (χ3n) is 2.71. The first-order valence-corrected chi connectivity index (χ1v) is 6.12. The summed E-state index contributed by atoms with van der Waals surface area (Å²) < 4.78 is 1.66. The fraction of sp³-hybridized carbons (Fsp3) is 0.273. The summed E-state index contributed by atoms with van der Waals surface area (Å²) in [7, 11) is 1.92. The Balaban J connectivity index is 2.41. The largest absolute Gasteiger partial charge is 0.310 e. The molecule has 0 saturated heterocycles. The number of rotatable bonds is 0. The number of benzene rings is 1. The number of thioether (sulfide) groups is 1. The Hall–Kier alpha value is -1.49. The molecule has 0 N–H and O–H groups in total. The lowest BCUT2D eigenvalue weighted by Gasteiger charge is -2.27. The van der Waals surface area contributed by atoms with Gasteiger partial charge < -0.3 is 5.01 Å². The van der Waals surface area contributed by atoms with Gasteiger partial charge in [-0.3, -0.25) is 4.79 Å². The number of hydrogen-bond donors (Lipinski definition) is 0. The predicted octanol–water partition coefficient (Wildman–Crippen LogP) is 1.07.